The molecule has 1 rings (SSSR count). The minimum atomic E-state index is -0.791. The van der Waals surface area contributed by atoms with Crippen LogP contribution in [0.2, 0.25) is 5.02 Å². The highest BCUT2D eigenvalue weighted by Crippen LogP contribution is 2.31. The van der Waals surface area contributed by atoms with E-state index < -0.39 is 5.97 Å². The van der Waals surface area contributed by atoms with E-state index in [4.69, 9.17) is 21.4 Å². The number of ether oxygens (including phenoxy) is 1. The van der Waals surface area contributed by atoms with Gasteiger partial charge in [0.15, 0.2) is 0 Å². The molecule has 0 bridgehead atoms. The third-order valence-electron chi connectivity index (χ3n) is 2.33. The van der Waals surface area contributed by atoms with Crippen LogP contribution in [-0.2, 0) is 4.79 Å². The third-order valence-corrected chi connectivity index (χ3v) is 2.54. The molecule has 1 aromatic carbocycles. The second-order valence-corrected chi connectivity index (χ2v) is 4.16. The first-order valence-electron chi connectivity index (χ1n) is 5.34. The largest absolute Gasteiger partial charge is 0.494 e. The molecule has 0 amide bonds. The standard InChI is InChI=1S/C12H16ClNO3/c1-8-6-9(13)7-10(12(8)17-2)14-5-3-4-11(15)16/h6-7,14H,3-5H2,1-2H3,(H,15,16). The Bertz CT molecular complexity index is 407. The number of rotatable bonds is 6. The second kappa shape index (κ2) is 6.35. The molecule has 0 unspecified atom stereocenters. The van der Waals surface area contributed by atoms with Gasteiger partial charge in [0.25, 0.3) is 0 Å². The number of aliphatic carboxylic acids is 1. The molecule has 0 spiro atoms. The molecule has 4 nitrogen and oxygen atoms in total. The Morgan fingerprint density at radius 2 is 2.24 bits per heavy atom. The van der Waals surface area contributed by atoms with Gasteiger partial charge in [-0.15, -0.1) is 0 Å². The lowest BCUT2D eigenvalue weighted by molar-refractivity contribution is -0.137. The Hall–Kier alpha value is -1.42. The van der Waals surface area contributed by atoms with Gasteiger partial charge in [0.05, 0.1) is 12.8 Å². The molecule has 0 fully saturated rings. The number of hydrogen-bond donors (Lipinski definition) is 2. The number of aryl methyl sites for hydroxylation is 1. The van der Waals surface area contributed by atoms with Gasteiger partial charge in [-0.05, 0) is 31.0 Å². The van der Waals surface area contributed by atoms with E-state index in [9.17, 15) is 4.79 Å². The van der Waals surface area contributed by atoms with Crippen molar-refractivity contribution in [1.29, 1.82) is 0 Å². The molecule has 0 aromatic heterocycles. The quantitative estimate of drug-likeness (QED) is 0.770. The molecule has 0 aliphatic heterocycles. The number of carboxylic acids is 1. The number of hydrogen-bond acceptors (Lipinski definition) is 3. The van der Waals surface area contributed by atoms with Gasteiger partial charge < -0.3 is 15.2 Å². The monoisotopic (exact) mass is 257 g/mol. The minimum absolute atomic E-state index is 0.148. The van der Waals surface area contributed by atoms with Crippen LogP contribution in [0.4, 0.5) is 5.69 Å². The van der Waals surface area contributed by atoms with Crippen molar-refractivity contribution in [2.75, 3.05) is 19.0 Å². The fourth-order valence-electron chi connectivity index (χ4n) is 1.59. The zero-order chi connectivity index (χ0) is 12.8. The van der Waals surface area contributed by atoms with E-state index in [0.717, 1.165) is 17.0 Å². The number of nitrogens with one attached hydrogen (secondary N) is 1. The number of carbonyl (C=O) groups is 1. The van der Waals surface area contributed by atoms with Crippen molar-refractivity contribution < 1.29 is 14.6 Å². The Labute approximate surface area is 106 Å². The van der Waals surface area contributed by atoms with Crippen LogP contribution in [0.1, 0.15) is 18.4 Å². The highest BCUT2D eigenvalue weighted by atomic mass is 35.5. The lowest BCUT2D eigenvalue weighted by atomic mass is 10.2. The summed E-state index contributed by atoms with van der Waals surface area (Å²) in [5.74, 6) is -0.0502. The maximum atomic E-state index is 10.4. The van der Waals surface area contributed by atoms with Crippen molar-refractivity contribution in [3.63, 3.8) is 0 Å². The molecule has 0 aliphatic rings. The highest BCUT2D eigenvalue weighted by molar-refractivity contribution is 6.31. The fraction of sp³-hybridized carbons (Fsp3) is 0.417. The lowest BCUT2D eigenvalue weighted by Gasteiger charge is -2.13. The number of carboxylic acid groups (broad SMARTS) is 1. The molecule has 0 saturated carbocycles. The molecule has 0 atom stereocenters. The van der Waals surface area contributed by atoms with Gasteiger partial charge in [0, 0.05) is 18.0 Å². The summed E-state index contributed by atoms with van der Waals surface area (Å²) in [5, 5.41) is 12.3. The molecule has 0 saturated heterocycles. The van der Waals surface area contributed by atoms with Crippen molar-refractivity contribution in [3.05, 3.63) is 22.7 Å². The topological polar surface area (TPSA) is 58.6 Å². The van der Waals surface area contributed by atoms with Crippen molar-refractivity contribution in [1.82, 2.24) is 0 Å². The summed E-state index contributed by atoms with van der Waals surface area (Å²) in [6, 6.07) is 3.59. The van der Waals surface area contributed by atoms with Crippen LogP contribution in [0.25, 0.3) is 0 Å². The van der Waals surface area contributed by atoms with Gasteiger partial charge in [-0.3, -0.25) is 4.79 Å². The first-order chi connectivity index (χ1) is 8.04. The van der Waals surface area contributed by atoms with E-state index in [1.54, 1.807) is 13.2 Å². The summed E-state index contributed by atoms with van der Waals surface area (Å²) in [6.07, 6.45) is 0.707. The SMILES string of the molecule is COc1c(C)cc(Cl)cc1NCCCC(=O)O. The van der Waals surface area contributed by atoms with Gasteiger partial charge in [-0.2, -0.15) is 0 Å². The first kappa shape index (κ1) is 13.6. The molecule has 0 aliphatic carbocycles. The van der Waals surface area contributed by atoms with E-state index in [-0.39, 0.29) is 6.42 Å². The normalized spacial score (nSPS) is 10.1. The predicted molar refractivity (Wildman–Crippen MR) is 68.1 cm³/mol. The van der Waals surface area contributed by atoms with Gasteiger partial charge in [-0.1, -0.05) is 11.6 Å². The lowest BCUT2D eigenvalue weighted by Crippen LogP contribution is -2.06. The summed E-state index contributed by atoms with van der Waals surface area (Å²) in [4.78, 5) is 10.4. The Morgan fingerprint density at radius 3 is 2.82 bits per heavy atom. The Balaban J connectivity index is 2.66. The average molecular weight is 258 g/mol. The van der Waals surface area contributed by atoms with Crippen LogP contribution in [0.5, 0.6) is 5.75 Å². The van der Waals surface area contributed by atoms with E-state index >= 15 is 0 Å². The van der Waals surface area contributed by atoms with Crippen LogP contribution in [0, 0.1) is 6.92 Å². The molecule has 2 N–H and O–H groups in total. The summed E-state index contributed by atoms with van der Waals surface area (Å²) < 4.78 is 5.27. The smallest absolute Gasteiger partial charge is 0.303 e. The molecule has 0 radical (unpaired) electrons. The van der Waals surface area contributed by atoms with E-state index in [1.165, 1.54) is 0 Å². The van der Waals surface area contributed by atoms with Gasteiger partial charge in [-0.25, -0.2) is 0 Å². The third kappa shape index (κ3) is 4.15. The van der Waals surface area contributed by atoms with Crippen LogP contribution in [0.3, 0.4) is 0 Å². The summed E-state index contributed by atoms with van der Waals surface area (Å²) in [6.45, 7) is 2.48. The minimum Gasteiger partial charge on any atom is -0.494 e. The molecular formula is C12H16ClNO3. The van der Waals surface area contributed by atoms with Gasteiger partial charge >= 0.3 is 5.97 Å². The van der Waals surface area contributed by atoms with Crippen molar-refractivity contribution >= 4 is 23.3 Å². The highest BCUT2D eigenvalue weighted by Gasteiger charge is 2.07. The molecule has 17 heavy (non-hydrogen) atoms. The average Bonchev–Trinajstić information content (AvgIpc) is 2.23. The number of benzene rings is 1. The van der Waals surface area contributed by atoms with Crippen LogP contribution in [-0.4, -0.2) is 24.7 Å². The maximum absolute atomic E-state index is 10.4. The van der Waals surface area contributed by atoms with Gasteiger partial charge in [0.1, 0.15) is 5.75 Å². The van der Waals surface area contributed by atoms with Crippen molar-refractivity contribution in [3.8, 4) is 5.75 Å². The van der Waals surface area contributed by atoms with Gasteiger partial charge in [0.2, 0.25) is 0 Å². The van der Waals surface area contributed by atoms with Crippen molar-refractivity contribution in [2.45, 2.75) is 19.8 Å². The maximum Gasteiger partial charge on any atom is 0.303 e. The molecule has 0 heterocycles. The summed E-state index contributed by atoms with van der Waals surface area (Å²) >= 11 is 5.95. The molecule has 94 valence electrons. The zero-order valence-corrected chi connectivity index (χ0v) is 10.7. The predicted octanol–water partition coefficient (Wildman–Crippen LogP) is 2.93. The van der Waals surface area contributed by atoms with Crippen LogP contribution >= 0.6 is 11.6 Å². The Morgan fingerprint density at radius 1 is 1.53 bits per heavy atom. The summed E-state index contributed by atoms with van der Waals surface area (Å²) in [7, 11) is 1.60. The molecule has 1 aromatic rings. The van der Waals surface area contributed by atoms with Crippen LogP contribution < -0.4 is 10.1 Å². The number of methoxy groups -OCH3 is 1. The number of halogens is 1. The molecule has 5 heteroatoms. The first-order valence-corrected chi connectivity index (χ1v) is 5.72. The fourth-order valence-corrected chi connectivity index (χ4v) is 1.87. The summed E-state index contributed by atoms with van der Waals surface area (Å²) in [5.41, 5.74) is 1.74. The van der Waals surface area contributed by atoms with E-state index in [2.05, 4.69) is 5.32 Å². The van der Waals surface area contributed by atoms with E-state index in [0.29, 0.717) is 18.0 Å². The zero-order valence-electron chi connectivity index (χ0n) is 9.92. The Kier molecular flexibility index (Phi) is 5.10. The number of anilines is 1. The molecular weight excluding hydrogens is 242 g/mol. The van der Waals surface area contributed by atoms with Crippen molar-refractivity contribution in [2.24, 2.45) is 0 Å². The van der Waals surface area contributed by atoms with E-state index in [1.807, 2.05) is 13.0 Å². The second-order valence-electron chi connectivity index (χ2n) is 3.73. The van der Waals surface area contributed by atoms with Crippen LogP contribution in [0.15, 0.2) is 12.1 Å².